The van der Waals surface area contributed by atoms with Gasteiger partial charge in [0, 0.05) is 132 Å². The second-order valence-electron chi connectivity index (χ2n) is 8.25. The van der Waals surface area contributed by atoms with E-state index in [0.717, 1.165) is 0 Å². The van der Waals surface area contributed by atoms with E-state index in [2.05, 4.69) is 6.58 Å². The molecule has 2 aliphatic heterocycles. The third-order valence-corrected chi connectivity index (χ3v) is 26.3. The molecule has 2 saturated heterocycles. The summed E-state index contributed by atoms with van der Waals surface area (Å²) < 4.78 is 20.1. The summed E-state index contributed by atoms with van der Waals surface area (Å²) in [5.74, 6) is -3.39. The second-order valence-corrected chi connectivity index (χ2v) is 27.7. The Morgan fingerprint density at radius 1 is 0.929 bits per heavy atom. The summed E-state index contributed by atoms with van der Waals surface area (Å²) in [7, 11) is 18.1. The van der Waals surface area contributed by atoms with Crippen molar-refractivity contribution in [3.63, 3.8) is 0 Å². The molecule has 42 heavy (non-hydrogen) atoms. The van der Waals surface area contributed by atoms with E-state index in [1.165, 1.54) is 23.8 Å². The van der Waals surface area contributed by atoms with Crippen molar-refractivity contribution in [1.82, 2.24) is 0 Å². The summed E-state index contributed by atoms with van der Waals surface area (Å²) in [5, 5.41) is 17.1. The van der Waals surface area contributed by atoms with Crippen LogP contribution in [0.25, 0.3) is 0 Å². The molecule has 10 nitrogen and oxygen atoms in total. The molecule has 0 bridgehead atoms. The first-order valence-electron chi connectivity index (χ1n) is 10.6. The molecular formula is C19H30O10S13. The van der Waals surface area contributed by atoms with Gasteiger partial charge in [-0.25, -0.2) is 9.59 Å². The molecule has 2 fully saturated rings. The number of carbonyl (C=O) groups is 4. The molecule has 1 unspecified atom stereocenters. The van der Waals surface area contributed by atoms with Crippen LogP contribution < -0.4 is 0 Å². The van der Waals surface area contributed by atoms with Gasteiger partial charge in [-0.3, -0.25) is 9.59 Å². The lowest BCUT2D eigenvalue weighted by Crippen LogP contribution is -2.38. The van der Waals surface area contributed by atoms with Crippen LogP contribution in [0.1, 0.15) is 54.4 Å². The van der Waals surface area contributed by atoms with Crippen LogP contribution in [0.5, 0.6) is 0 Å². The zero-order chi connectivity index (χ0) is 31.5. The number of cyclic esters (lactones) is 2. The summed E-state index contributed by atoms with van der Waals surface area (Å²) in [6.45, 7) is 10.6. The van der Waals surface area contributed by atoms with Crippen molar-refractivity contribution in [1.29, 1.82) is 0 Å². The molecule has 0 radical (unpaired) electrons. The van der Waals surface area contributed by atoms with Gasteiger partial charge in [0.1, 0.15) is 0 Å². The van der Waals surface area contributed by atoms with Gasteiger partial charge in [0.15, 0.2) is 11.7 Å². The Balaban J connectivity index is 0. The largest absolute Gasteiger partial charge is 0.481 e. The van der Waals surface area contributed by atoms with Crippen molar-refractivity contribution in [3.8, 4) is 0 Å². The highest BCUT2D eigenvalue weighted by Crippen LogP contribution is 2.32. The number of ether oxygens (including phenoxy) is 4. The van der Waals surface area contributed by atoms with E-state index >= 15 is 0 Å². The second kappa shape index (κ2) is 24.6. The Labute approximate surface area is 285 Å². The van der Waals surface area contributed by atoms with Gasteiger partial charge in [-0.05, 0) is 6.92 Å². The van der Waals surface area contributed by atoms with Crippen molar-refractivity contribution in [3.05, 3.63) is 12.7 Å². The molecule has 23 heteroatoms. The molecule has 244 valence electrons. The third kappa shape index (κ3) is 19.7. The van der Waals surface area contributed by atoms with Crippen molar-refractivity contribution < 1.29 is 48.3 Å². The lowest BCUT2D eigenvalue weighted by atomic mass is 9.96. The molecule has 2 aliphatic rings. The minimum atomic E-state index is -1.38. The quantitative estimate of drug-likeness (QED) is 0.299. The number of carboxylic acid groups (broad SMARTS) is 2. The number of carboxylic acids is 2. The highest BCUT2D eigenvalue weighted by molar-refractivity contribution is 8.75. The summed E-state index contributed by atoms with van der Waals surface area (Å²) in [6, 6.07) is 0. The summed E-state index contributed by atoms with van der Waals surface area (Å²) >= 11 is 9.40. The number of rotatable bonds is 6. The first kappa shape index (κ1) is 44.5. The monoisotopic (exact) mass is 834 g/mol. The van der Waals surface area contributed by atoms with E-state index in [0.29, 0.717) is 0 Å². The van der Waals surface area contributed by atoms with Crippen LogP contribution in [0.4, 0.5) is 0 Å². The molecule has 0 aromatic heterocycles. The molecule has 0 saturated carbocycles. The Bertz CT molecular complexity index is 1410. The minimum Gasteiger partial charge on any atom is -0.481 e. The van der Waals surface area contributed by atoms with Crippen LogP contribution in [-0.2, 0) is 158 Å². The van der Waals surface area contributed by atoms with E-state index in [-0.39, 0.29) is 25.7 Å². The summed E-state index contributed by atoms with van der Waals surface area (Å²) in [5.41, 5.74) is -1.71. The normalized spacial score (nSPS) is 21.8. The van der Waals surface area contributed by atoms with Crippen molar-refractivity contribution in [2.24, 2.45) is 5.41 Å². The fourth-order valence-corrected chi connectivity index (χ4v) is 27.3. The first-order chi connectivity index (χ1) is 19.2. The van der Waals surface area contributed by atoms with Gasteiger partial charge >= 0.3 is 23.9 Å². The lowest BCUT2D eigenvalue weighted by Gasteiger charge is -2.23. The highest BCUT2D eigenvalue weighted by Gasteiger charge is 2.49. The first-order valence-corrected chi connectivity index (χ1v) is 26.6. The number of hydrogen-bond donors (Lipinski definition) is 2. The van der Waals surface area contributed by atoms with Gasteiger partial charge in [0.25, 0.3) is 0 Å². The van der Waals surface area contributed by atoms with Crippen LogP contribution >= 0.6 is 0 Å². The van der Waals surface area contributed by atoms with Crippen LogP contribution in [0.15, 0.2) is 12.7 Å². The number of hydrogen-bond acceptors (Lipinski definition) is 10. The number of esters is 2. The van der Waals surface area contributed by atoms with Crippen molar-refractivity contribution in [2.75, 3.05) is 0 Å². The Kier molecular flexibility index (Phi) is 26.1. The Hall–Kier alpha value is 0.400. The number of aliphatic carboxylic acids is 2. The highest BCUT2D eigenvalue weighted by atomic mass is 33.5. The molecule has 0 spiro atoms. The Morgan fingerprint density at radius 2 is 1.40 bits per heavy atom. The molecule has 0 aromatic carbocycles. The standard InChI is InChI=1S/C9H14O5.C9H12O5.CH4.S13/c1-9(2,3)8-13-5(4-6(10)11)7(12)14-8;1-3-4-9(5-7(10)11)8(12)13-6(2)14-9;;1-3-5-7-9-11-13-12-10-8-6-4-2/h5,8H,4H2,1-3H3,(H,10,11);3,6H,1,4-5H2,2H3,(H,10,11);1H4;/t5-,8-;6-,9?;;/m10../s1. The average molecular weight is 835 g/mol. The molecule has 2 rings (SSSR count). The Morgan fingerprint density at radius 3 is 1.71 bits per heavy atom. The molecule has 0 aromatic rings. The van der Waals surface area contributed by atoms with Gasteiger partial charge < -0.3 is 29.2 Å². The van der Waals surface area contributed by atoms with E-state index in [9.17, 15) is 19.2 Å². The maximum Gasteiger partial charge on any atom is 0.341 e. The van der Waals surface area contributed by atoms with E-state index < -0.39 is 54.6 Å². The van der Waals surface area contributed by atoms with Gasteiger partial charge in [-0.2, -0.15) is 0 Å². The molecule has 0 amide bonds. The van der Waals surface area contributed by atoms with E-state index in [1.807, 2.05) is 20.8 Å². The van der Waals surface area contributed by atoms with Crippen molar-refractivity contribution in [2.45, 2.75) is 78.7 Å². The van der Waals surface area contributed by atoms with E-state index in [4.69, 9.17) is 51.5 Å². The van der Waals surface area contributed by atoms with Crippen molar-refractivity contribution >= 4 is 144 Å². The molecule has 2 N–H and O–H groups in total. The molecular weight excluding hydrogens is 805 g/mol. The van der Waals surface area contributed by atoms with Crippen LogP contribution in [-0.4, -0.2) is 58.4 Å². The predicted octanol–water partition coefficient (Wildman–Crippen LogP) is 2.08. The smallest absolute Gasteiger partial charge is 0.341 e. The maximum atomic E-state index is 11.4. The fraction of sp³-hybridized carbons (Fsp3) is 0.684. The van der Waals surface area contributed by atoms with Gasteiger partial charge in [0.2, 0.25) is 12.6 Å². The van der Waals surface area contributed by atoms with Gasteiger partial charge in [0.05, 0.1) is 12.8 Å². The van der Waals surface area contributed by atoms with Gasteiger partial charge in [-0.1, -0.05) is 34.3 Å². The molecule has 4 atom stereocenters. The zero-order valence-corrected chi connectivity index (χ0v) is 32.2. The third-order valence-electron chi connectivity index (χ3n) is 4.07. The van der Waals surface area contributed by atoms with Crippen LogP contribution in [0.3, 0.4) is 0 Å². The molecule has 0 aliphatic carbocycles. The van der Waals surface area contributed by atoms with Crippen LogP contribution in [0.2, 0.25) is 0 Å². The average Bonchev–Trinajstić information content (AvgIpc) is 3.36. The minimum absolute atomic E-state index is 0. The van der Waals surface area contributed by atoms with Crippen LogP contribution in [0, 0.1) is 5.41 Å². The topological polar surface area (TPSA) is 146 Å². The molecule has 2 heterocycles. The fourth-order valence-electron chi connectivity index (χ4n) is 2.63. The van der Waals surface area contributed by atoms with Gasteiger partial charge in [-0.15, -0.1) is 6.58 Å². The predicted molar refractivity (Wildman–Crippen MR) is 195 cm³/mol. The summed E-state index contributed by atoms with van der Waals surface area (Å²) in [4.78, 5) is 43.5. The zero-order valence-electron chi connectivity index (χ0n) is 21.6. The summed E-state index contributed by atoms with van der Waals surface area (Å²) in [6.07, 6.45) is -1.46. The SMILES string of the molecule is C.C=CCC1(CC(=O)O)O[C@@H](C)OC1=O.CC(C)(C)[C@H]1OC(=O)[C@@H](CC(=O)O)O1.S=S=S=S=S=S=S=S=S=S=S=S=S. The maximum absolute atomic E-state index is 11.4. The lowest BCUT2D eigenvalue weighted by molar-refractivity contribution is -0.154. The number of carbonyl (C=O) groups excluding carboxylic acids is 2. The van der Waals surface area contributed by atoms with E-state index in [1.54, 1.807) is 86.8 Å².